The van der Waals surface area contributed by atoms with E-state index < -0.39 is 0 Å². The second kappa shape index (κ2) is 7.03. The summed E-state index contributed by atoms with van der Waals surface area (Å²) in [7, 11) is 0. The van der Waals surface area contributed by atoms with E-state index in [-0.39, 0.29) is 5.91 Å². The summed E-state index contributed by atoms with van der Waals surface area (Å²) in [5.74, 6) is -0.319. The van der Waals surface area contributed by atoms with Gasteiger partial charge in [-0.15, -0.1) is 0 Å². The highest BCUT2D eigenvalue weighted by Gasteiger charge is 2.13. The zero-order chi connectivity index (χ0) is 18.1. The normalized spacial score (nSPS) is 10.8. The standard InChI is InChI=1S/C19H11Cl2N3OS/c20-12-6-7-15(21)14(10-12)17(25)23-13-4-1-3-11(9-13)18-24-16-5-2-8-22-19(16)26-18/h1-10H,(H,23,25). The molecule has 0 saturated carbocycles. The number of aromatic nitrogens is 2. The lowest BCUT2D eigenvalue weighted by Crippen LogP contribution is -2.12. The minimum absolute atomic E-state index is 0.319. The van der Waals surface area contributed by atoms with Crippen LogP contribution in [0.3, 0.4) is 0 Å². The third-order valence-corrected chi connectivity index (χ3v) is 5.30. The first-order chi connectivity index (χ1) is 12.6. The van der Waals surface area contributed by atoms with Crippen LogP contribution in [-0.2, 0) is 0 Å². The zero-order valence-electron chi connectivity index (χ0n) is 13.2. The highest BCUT2D eigenvalue weighted by molar-refractivity contribution is 7.21. The molecule has 0 fully saturated rings. The lowest BCUT2D eigenvalue weighted by atomic mass is 10.1. The Bertz CT molecular complexity index is 1090. The van der Waals surface area contributed by atoms with Crippen LogP contribution in [0.5, 0.6) is 0 Å². The van der Waals surface area contributed by atoms with Crippen LogP contribution in [0, 0.1) is 0 Å². The number of halogens is 2. The minimum Gasteiger partial charge on any atom is -0.322 e. The lowest BCUT2D eigenvalue weighted by molar-refractivity contribution is 0.102. The fourth-order valence-electron chi connectivity index (χ4n) is 2.49. The van der Waals surface area contributed by atoms with Crippen molar-refractivity contribution in [2.24, 2.45) is 0 Å². The summed E-state index contributed by atoms with van der Waals surface area (Å²) in [5.41, 5.74) is 2.74. The number of benzene rings is 2. The van der Waals surface area contributed by atoms with Crippen LogP contribution in [0.2, 0.25) is 10.0 Å². The number of pyridine rings is 1. The number of rotatable bonds is 3. The van der Waals surface area contributed by atoms with E-state index in [1.807, 2.05) is 36.4 Å². The maximum Gasteiger partial charge on any atom is 0.257 e. The molecule has 0 unspecified atom stereocenters. The Morgan fingerprint density at radius 1 is 1.04 bits per heavy atom. The summed E-state index contributed by atoms with van der Waals surface area (Å²) < 4.78 is 0. The van der Waals surface area contributed by atoms with Gasteiger partial charge in [-0.1, -0.05) is 46.7 Å². The van der Waals surface area contributed by atoms with Crippen molar-refractivity contribution in [2.45, 2.75) is 0 Å². The summed E-state index contributed by atoms with van der Waals surface area (Å²) in [6.45, 7) is 0. The fourth-order valence-corrected chi connectivity index (χ4v) is 3.77. The summed E-state index contributed by atoms with van der Waals surface area (Å²) in [6.07, 6.45) is 1.75. The molecule has 7 heteroatoms. The number of anilines is 1. The zero-order valence-corrected chi connectivity index (χ0v) is 15.6. The predicted octanol–water partition coefficient (Wildman–Crippen LogP) is 5.92. The van der Waals surface area contributed by atoms with Gasteiger partial charge in [0, 0.05) is 22.5 Å². The molecule has 0 aliphatic rings. The van der Waals surface area contributed by atoms with Crippen molar-refractivity contribution >= 4 is 56.5 Å². The van der Waals surface area contributed by atoms with Crippen LogP contribution < -0.4 is 5.32 Å². The fraction of sp³-hybridized carbons (Fsp3) is 0. The second-order valence-electron chi connectivity index (χ2n) is 5.51. The van der Waals surface area contributed by atoms with E-state index in [1.165, 1.54) is 11.3 Å². The molecule has 0 spiro atoms. The SMILES string of the molecule is O=C(Nc1cccc(-c2nc3cccnc3s2)c1)c1cc(Cl)ccc1Cl. The molecule has 128 valence electrons. The van der Waals surface area contributed by atoms with Crippen LogP contribution >= 0.6 is 34.5 Å². The third kappa shape index (κ3) is 3.42. The first-order valence-electron chi connectivity index (χ1n) is 7.68. The molecule has 26 heavy (non-hydrogen) atoms. The van der Waals surface area contributed by atoms with Crippen LogP contribution in [0.4, 0.5) is 5.69 Å². The lowest BCUT2D eigenvalue weighted by Gasteiger charge is -2.08. The maximum absolute atomic E-state index is 12.5. The first kappa shape index (κ1) is 17.0. The first-order valence-corrected chi connectivity index (χ1v) is 9.26. The van der Waals surface area contributed by atoms with E-state index >= 15 is 0 Å². The molecule has 0 aliphatic carbocycles. The number of carbonyl (C=O) groups excluding carboxylic acids is 1. The van der Waals surface area contributed by atoms with Crippen LogP contribution in [-0.4, -0.2) is 15.9 Å². The summed E-state index contributed by atoms with van der Waals surface area (Å²) in [4.78, 5) is 22.3. The Balaban J connectivity index is 1.63. The van der Waals surface area contributed by atoms with Gasteiger partial charge in [0.1, 0.15) is 15.4 Å². The van der Waals surface area contributed by atoms with Gasteiger partial charge in [0.05, 0.1) is 10.6 Å². The van der Waals surface area contributed by atoms with Gasteiger partial charge >= 0.3 is 0 Å². The molecule has 2 aromatic heterocycles. The molecule has 1 N–H and O–H groups in total. The Morgan fingerprint density at radius 2 is 1.92 bits per heavy atom. The van der Waals surface area contributed by atoms with Crippen molar-refractivity contribution in [2.75, 3.05) is 5.32 Å². The number of nitrogens with zero attached hydrogens (tertiary/aromatic N) is 2. The molecule has 2 heterocycles. The number of fused-ring (bicyclic) bond motifs is 1. The van der Waals surface area contributed by atoms with Gasteiger partial charge in [-0.25, -0.2) is 9.97 Å². The smallest absolute Gasteiger partial charge is 0.257 e. The number of nitrogens with one attached hydrogen (secondary N) is 1. The maximum atomic E-state index is 12.5. The van der Waals surface area contributed by atoms with Crippen molar-refractivity contribution in [3.8, 4) is 10.6 Å². The van der Waals surface area contributed by atoms with Gasteiger partial charge in [-0.05, 0) is 42.5 Å². The number of amides is 1. The van der Waals surface area contributed by atoms with E-state index in [2.05, 4.69) is 15.3 Å². The topological polar surface area (TPSA) is 54.9 Å². The molecule has 0 atom stereocenters. The van der Waals surface area contributed by atoms with E-state index in [9.17, 15) is 4.79 Å². The predicted molar refractivity (Wildman–Crippen MR) is 107 cm³/mol. The van der Waals surface area contributed by atoms with Crippen LogP contribution in [0.1, 0.15) is 10.4 Å². The molecule has 0 aliphatic heterocycles. The summed E-state index contributed by atoms with van der Waals surface area (Å²) >= 11 is 13.6. The summed E-state index contributed by atoms with van der Waals surface area (Å²) in [6, 6.07) is 16.1. The quantitative estimate of drug-likeness (QED) is 0.465. The monoisotopic (exact) mass is 399 g/mol. The van der Waals surface area contributed by atoms with Crippen molar-refractivity contribution in [3.63, 3.8) is 0 Å². The Kier molecular flexibility index (Phi) is 4.59. The largest absolute Gasteiger partial charge is 0.322 e. The Morgan fingerprint density at radius 3 is 2.77 bits per heavy atom. The third-order valence-electron chi connectivity index (χ3n) is 3.71. The van der Waals surface area contributed by atoms with Crippen molar-refractivity contribution in [3.05, 3.63) is 76.4 Å². The van der Waals surface area contributed by atoms with E-state index in [1.54, 1.807) is 24.4 Å². The average Bonchev–Trinajstić information content (AvgIpc) is 3.08. The van der Waals surface area contributed by atoms with Gasteiger partial charge in [0.2, 0.25) is 0 Å². The number of hydrogen-bond donors (Lipinski definition) is 1. The van der Waals surface area contributed by atoms with Crippen molar-refractivity contribution in [1.29, 1.82) is 0 Å². The van der Waals surface area contributed by atoms with Crippen molar-refractivity contribution < 1.29 is 4.79 Å². The molecule has 4 nitrogen and oxygen atoms in total. The highest BCUT2D eigenvalue weighted by atomic mass is 35.5. The highest BCUT2D eigenvalue weighted by Crippen LogP contribution is 2.30. The Labute approximate surface area is 163 Å². The van der Waals surface area contributed by atoms with Gasteiger partial charge in [0.25, 0.3) is 5.91 Å². The number of thiazole rings is 1. The van der Waals surface area contributed by atoms with Gasteiger partial charge in [-0.3, -0.25) is 4.79 Å². The molecular weight excluding hydrogens is 389 g/mol. The second-order valence-corrected chi connectivity index (χ2v) is 7.33. The van der Waals surface area contributed by atoms with Gasteiger partial charge in [-0.2, -0.15) is 0 Å². The Hall–Kier alpha value is -2.47. The molecule has 4 aromatic rings. The van der Waals surface area contributed by atoms with Gasteiger partial charge < -0.3 is 5.32 Å². The molecule has 2 aromatic carbocycles. The average molecular weight is 400 g/mol. The van der Waals surface area contributed by atoms with E-state index in [4.69, 9.17) is 23.2 Å². The number of hydrogen-bond acceptors (Lipinski definition) is 4. The van der Waals surface area contributed by atoms with Gasteiger partial charge in [0.15, 0.2) is 0 Å². The molecule has 4 rings (SSSR count). The van der Waals surface area contributed by atoms with E-state index in [0.29, 0.717) is 21.3 Å². The molecule has 0 saturated heterocycles. The molecular formula is C19H11Cl2N3OS. The number of carbonyl (C=O) groups is 1. The van der Waals surface area contributed by atoms with Crippen LogP contribution in [0.25, 0.3) is 20.9 Å². The van der Waals surface area contributed by atoms with Crippen molar-refractivity contribution in [1.82, 2.24) is 9.97 Å². The molecule has 0 bridgehead atoms. The minimum atomic E-state index is -0.319. The van der Waals surface area contributed by atoms with Crippen LogP contribution in [0.15, 0.2) is 60.8 Å². The van der Waals surface area contributed by atoms with E-state index in [0.717, 1.165) is 20.9 Å². The summed E-state index contributed by atoms with van der Waals surface area (Å²) in [5, 5.41) is 4.49. The molecule has 0 radical (unpaired) electrons. The molecule has 1 amide bonds.